The van der Waals surface area contributed by atoms with Gasteiger partial charge in [0.05, 0.1) is 10.9 Å². The Balaban J connectivity index is 1.18. The molecule has 4 aromatic rings. The highest BCUT2D eigenvalue weighted by Gasteiger charge is 2.20. The number of para-hydroxylation sites is 3. The highest BCUT2D eigenvalue weighted by atomic mass is 16.6. The second kappa shape index (κ2) is 10.7. The average Bonchev–Trinajstić information content (AvgIpc) is 2.92. The zero-order chi connectivity index (χ0) is 24.9. The highest BCUT2D eigenvalue weighted by molar-refractivity contribution is 6.05. The lowest BCUT2D eigenvalue weighted by atomic mass is 10.0. The van der Waals surface area contributed by atoms with Crippen LogP contribution in [0.4, 0.5) is 0 Å². The molecular formula is C29H28N2O5. The molecular weight excluding hydrogens is 456 g/mol. The fraction of sp³-hybridized carbons (Fsp3) is 0.241. The standard InChI is InChI=1S/C29H28N2O5/c1-19-26(32)22-11-7-12-23(28(22)36-27(19)20-9-3-2-4-10-20)29(33)31-16-8-15-30-17-21-18-34-24-13-5-6-14-25(24)35-21/h2-7,9-14,21,30H,8,15-18H2,1H3,(H,31,33). The topological polar surface area (TPSA) is 89.8 Å². The summed E-state index contributed by atoms with van der Waals surface area (Å²) < 4.78 is 17.8. The third-order valence-electron chi connectivity index (χ3n) is 6.18. The molecule has 1 aromatic heterocycles. The molecule has 5 rings (SSSR count). The molecule has 1 atom stereocenters. The zero-order valence-electron chi connectivity index (χ0n) is 20.1. The van der Waals surface area contributed by atoms with Crippen LogP contribution in [0.3, 0.4) is 0 Å². The van der Waals surface area contributed by atoms with Crippen molar-refractivity contribution in [2.45, 2.75) is 19.4 Å². The first kappa shape index (κ1) is 23.6. The van der Waals surface area contributed by atoms with Crippen LogP contribution in [-0.4, -0.2) is 38.3 Å². The molecule has 0 bridgehead atoms. The summed E-state index contributed by atoms with van der Waals surface area (Å²) in [4.78, 5) is 26.0. The van der Waals surface area contributed by atoms with Gasteiger partial charge in [-0.05, 0) is 44.2 Å². The van der Waals surface area contributed by atoms with E-state index in [2.05, 4.69) is 10.6 Å². The van der Waals surface area contributed by atoms with E-state index in [-0.39, 0.29) is 17.4 Å². The van der Waals surface area contributed by atoms with E-state index in [0.29, 0.717) is 54.1 Å². The molecule has 0 saturated carbocycles. The smallest absolute Gasteiger partial charge is 0.255 e. The first-order valence-electron chi connectivity index (χ1n) is 12.1. The first-order chi connectivity index (χ1) is 17.6. The summed E-state index contributed by atoms with van der Waals surface area (Å²) in [5.74, 6) is 1.74. The summed E-state index contributed by atoms with van der Waals surface area (Å²) in [5, 5.41) is 6.69. The van der Waals surface area contributed by atoms with E-state index < -0.39 is 0 Å². The number of nitrogens with one attached hydrogen (secondary N) is 2. The molecule has 0 spiro atoms. The van der Waals surface area contributed by atoms with Crippen molar-refractivity contribution in [3.05, 3.63) is 94.1 Å². The van der Waals surface area contributed by atoms with Crippen molar-refractivity contribution >= 4 is 16.9 Å². The van der Waals surface area contributed by atoms with Gasteiger partial charge in [0, 0.05) is 24.2 Å². The number of hydrogen-bond donors (Lipinski definition) is 2. The molecule has 2 N–H and O–H groups in total. The molecule has 36 heavy (non-hydrogen) atoms. The van der Waals surface area contributed by atoms with Gasteiger partial charge in [-0.25, -0.2) is 0 Å². The maximum atomic E-state index is 13.0. The number of carbonyl (C=O) groups is 1. The third kappa shape index (κ3) is 4.97. The number of hydrogen-bond acceptors (Lipinski definition) is 6. The van der Waals surface area contributed by atoms with E-state index in [4.69, 9.17) is 13.9 Å². The summed E-state index contributed by atoms with van der Waals surface area (Å²) in [6.45, 7) is 4.09. The van der Waals surface area contributed by atoms with Crippen LogP contribution in [0.1, 0.15) is 22.3 Å². The number of amides is 1. The molecule has 1 unspecified atom stereocenters. The van der Waals surface area contributed by atoms with Gasteiger partial charge >= 0.3 is 0 Å². The first-order valence-corrected chi connectivity index (χ1v) is 12.1. The Hall–Kier alpha value is -4.10. The summed E-state index contributed by atoms with van der Waals surface area (Å²) in [6.07, 6.45) is 0.675. The molecule has 1 amide bonds. The van der Waals surface area contributed by atoms with Crippen LogP contribution in [-0.2, 0) is 0 Å². The maximum Gasteiger partial charge on any atom is 0.255 e. The number of benzene rings is 3. The SMILES string of the molecule is Cc1c(-c2ccccc2)oc2c(C(=O)NCCCNCC3COc4ccccc4O3)cccc2c1=O. The minimum absolute atomic E-state index is 0.0599. The van der Waals surface area contributed by atoms with Crippen LogP contribution in [0.2, 0.25) is 0 Å². The van der Waals surface area contributed by atoms with Crippen LogP contribution in [0.15, 0.2) is 82.0 Å². The quantitative estimate of drug-likeness (QED) is 0.362. The van der Waals surface area contributed by atoms with Crippen molar-refractivity contribution in [1.29, 1.82) is 0 Å². The molecule has 3 aromatic carbocycles. The molecule has 1 aliphatic heterocycles. The van der Waals surface area contributed by atoms with E-state index in [9.17, 15) is 9.59 Å². The molecule has 0 saturated heterocycles. The van der Waals surface area contributed by atoms with Gasteiger partial charge in [-0.2, -0.15) is 0 Å². The van der Waals surface area contributed by atoms with Gasteiger partial charge in [0.25, 0.3) is 5.91 Å². The second-order valence-electron chi connectivity index (χ2n) is 8.74. The molecule has 2 heterocycles. The summed E-state index contributed by atoms with van der Waals surface area (Å²) >= 11 is 0. The van der Waals surface area contributed by atoms with Crippen molar-refractivity contribution in [2.75, 3.05) is 26.2 Å². The van der Waals surface area contributed by atoms with Crippen LogP contribution < -0.4 is 25.5 Å². The Kier molecular flexibility index (Phi) is 7.00. The fourth-order valence-corrected chi connectivity index (χ4v) is 4.29. The van der Waals surface area contributed by atoms with Crippen LogP contribution >= 0.6 is 0 Å². The lowest BCUT2D eigenvalue weighted by Gasteiger charge is -2.26. The molecule has 0 fully saturated rings. The predicted molar refractivity (Wildman–Crippen MR) is 139 cm³/mol. The normalized spacial score (nSPS) is 14.5. The Labute approximate surface area is 209 Å². The fourth-order valence-electron chi connectivity index (χ4n) is 4.29. The number of ether oxygens (including phenoxy) is 2. The maximum absolute atomic E-state index is 13.0. The van der Waals surface area contributed by atoms with E-state index in [1.807, 2.05) is 54.6 Å². The summed E-state index contributed by atoms with van der Waals surface area (Å²) in [6, 6.07) is 22.2. The Morgan fingerprint density at radius 1 is 0.944 bits per heavy atom. The molecule has 1 aliphatic rings. The van der Waals surface area contributed by atoms with E-state index >= 15 is 0 Å². The number of rotatable bonds is 8. The van der Waals surface area contributed by atoms with Crippen molar-refractivity contribution in [2.24, 2.45) is 0 Å². The third-order valence-corrected chi connectivity index (χ3v) is 6.18. The van der Waals surface area contributed by atoms with Gasteiger partial charge in [-0.15, -0.1) is 0 Å². The molecule has 184 valence electrons. The summed E-state index contributed by atoms with van der Waals surface area (Å²) in [7, 11) is 0. The predicted octanol–water partition coefficient (Wildman–Crippen LogP) is 4.32. The van der Waals surface area contributed by atoms with Gasteiger partial charge in [0.2, 0.25) is 0 Å². The van der Waals surface area contributed by atoms with Crippen molar-refractivity contribution in [3.8, 4) is 22.8 Å². The van der Waals surface area contributed by atoms with Gasteiger partial charge in [0.1, 0.15) is 18.5 Å². The van der Waals surface area contributed by atoms with Crippen LogP contribution in [0.5, 0.6) is 11.5 Å². The van der Waals surface area contributed by atoms with Gasteiger partial charge in [-0.3, -0.25) is 9.59 Å². The van der Waals surface area contributed by atoms with Gasteiger partial charge in [-0.1, -0.05) is 48.5 Å². The Morgan fingerprint density at radius 2 is 1.72 bits per heavy atom. The second-order valence-corrected chi connectivity index (χ2v) is 8.74. The molecule has 7 heteroatoms. The van der Waals surface area contributed by atoms with Crippen LogP contribution in [0, 0.1) is 6.92 Å². The van der Waals surface area contributed by atoms with E-state index in [1.54, 1.807) is 25.1 Å². The number of fused-ring (bicyclic) bond motifs is 2. The van der Waals surface area contributed by atoms with Crippen molar-refractivity contribution in [1.82, 2.24) is 10.6 Å². The summed E-state index contributed by atoms with van der Waals surface area (Å²) in [5.41, 5.74) is 1.84. The van der Waals surface area contributed by atoms with Crippen molar-refractivity contribution < 1.29 is 18.7 Å². The molecule has 0 aliphatic carbocycles. The lowest BCUT2D eigenvalue weighted by molar-refractivity contribution is 0.0902. The largest absolute Gasteiger partial charge is 0.486 e. The zero-order valence-corrected chi connectivity index (χ0v) is 20.1. The molecule has 7 nitrogen and oxygen atoms in total. The van der Waals surface area contributed by atoms with Crippen molar-refractivity contribution in [3.63, 3.8) is 0 Å². The number of carbonyl (C=O) groups excluding carboxylic acids is 1. The average molecular weight is 485 g/mol. The van der Waals surface area contributed by atoms with E-state index in [0.717, 1.165) is 23.5 Å². The van der Waals surface area contributed by atoms with Crippen LogP contribution in [0.25, 0.3) is 22.3 Å². The molecule has 0 radical (unpaired) electrons. The minimum Gasteiger partial charge on any atom is -0.486 e. The minimum atomic E-state index is -0.271. The Bertz CT molecular complexity index is 1430. The van der Waals surface area contributed by atoms with E-state index in [1.165, 1.54) is 0 Å². The monoisotopic (exact) mass is 484 g/mol. The van der Waals surface area contributed by atoms with Gasteiger partial charge < -0.3 is 24.5 Å². The lowest BCUT2D eigenvalue weighted by Crippen LogP contribution is -2.39. The highest BCUT2D eigenvalue weighted by Crippen LogP contribution is 2.30. The Morgan fingerprint density at radius 3 is 2.56 bits per heavy atom. The van der Waals surface area contributed by atoms with Gasteiger partial charge in [0.15, 0.2) is 22.5 Å².